The zero-order valence-electron chi connectivity index (χ0n) is 32.5. The molecule has 0 N–H and O–H groups in total. The van der Waals surface area contributed by atoms with Crippen LogP contribution in [0.2, 0.25) is 17.3 Å². The molecule has 6 nitrogen and oxygen atoms in total. The standard InChI is InChI=1S/C23H21N4O.C21H30GeN.Ir/c1-5-27-21-18(10-11-24-20(21)13(2)3)26-22(27)15-7-9-16-17-8-6-14(4)25-23(17)28-19(16)12-15;1-8-21(3,4)16(2)18-14-20(17-12-10-9-11-13-17)23-15-19(18)22(5,6)7;/h6,8-13H,5H2,1-4H3;9-12,14-16H,8H2,1-7H3;/q2*-1;. The number of hydrogen-bond donors (Lipinski definition) is 0. The van der Waals surface area contributed by atoms with Gasteiger partial charge in [0.2, 0.25) is 5.71 Å². The molecule has 0 fully saturated rings. The predicted molar refractivity (Wildman–Crippen MR) is 215 cm³/mol. The molecule has 0 aliphatic carbocycles. The fourth-order valence-corrected chi connectivity index (χ4v) is 10.1. The second kappa shape index (κ2) is 15.8. The Kier molecular flexibility index (Phi) is 12.0. The van der Waals surface area contributed by atoms with Crippen molar-refractivity contribution in [1.29, 1.82) is 0 Å². The molecule has 52 heavy (non-hydrogen) atoms. The number of nitrogens with zero attached hydrogens (tertiary/aromatic N) is 5. The molecule has 5 heterocycles. The van der Waals surface area contributed by atoms with Crippen molar-refractivity contribution >= 4 is 50.8 Å². The Morgan fingerprint density at radius 2 is 1.67 bits per heavy atom. The molecule has 1 atom stereocenters. The Morgan fingerprint density at radius 1 is 0.904 bits per heavy atom. The third kappa shape index (κ3) is 7.83. The number of rotatable bonds is 8. The van der Waals surface area contributed by atoms with Crippen molar-refractivity contribution in [2.75, 3.05) is 0 Å². The van der Waals surface area contributed by atoms with Gasteiger partial charge in [-0.3, -0.25) is 9.97 Å². The van der Waals surface area contributed by atoms with E-state index in [2.05, 4.69) is 123 Å². The summed E-state index contributed by atoms with van der Waals surface area (Å²) in [5.74, 6) is 9.12. The maximum Gasteiger partial charge on any atom is 0.215 e. The molecule has 0 saturated carbocycles. The monoisotopic (exact) mass is 932 g/mol. The molecule has 7 rings (SSSR count). The smallest absolute Gasteiger partial charge is 0.215 e. The first-order valence-corrected chi connectivity index (χ1v) is 25.6. The summed E-state index contributed by atoms with van der Waals surface area (Å²) in [7, 11) is 0. The largest absolute Gasteiger partial charge is 0.458 e. The summed E-state index contributed by atoms with van der Waals surface area (Å²) in [6.07, 6.45) is 5.18. The zero-order chi connectivity index (χ0) is 36.7. The summed E-state index contributed by atoms with van der Waals surface area (Å²) in [4.78, 5) is 18.8. The number of aryl methyl sites for hydroxylation is 2. The van der Waals surface area contributed by atoms with E-state index in [1.54, 1.807) is 4.40 Å². The minimum Gasteiger partial charge on any atom is -0.458 e. The average molecular weight is 931 g/mol. The quantitative estimate of drug-likeness (QED) is 0.112. The second-order valence-corrected chi connectivity index (χ2v) is 26.2. The number of imidazole rings is 1. The number of pyridine rings is 3. The molecule has 8 heteroatoms. The summed E-state index contributed by atoms with van der Waals surface area (Å²) < 4.78 is 9.79. The Hall–Kier alpha value is -3.65. The van der Waals surface area contributed by atoms with Gasteiger partial charge in [-0.15, -0.1) is 17.7 Å². The van der Waals surface area contributed by atoms with Gasteiger partial charge in [-0.05, 0) is 31.9 Å². The van der Waals surface area contributed by atoms with E-state index in [4.69, 9.17) is 14.4 Å². The fourth-order valence-electron chi connectivity index (χ4n) is 6.74. The van der Waals surface area contributed by atoms with Crippen LogP contribution in [0.5, 0.6) is 0 Å². The van der Waals surface area contributed by atoms with Crippen molar-refractivity contribution in [1.82, 2.24) is 24.5 Å². The Morgan fingerprint density at radius 3 is 2.33 bits per heavy atom. The van der Waals surface area contributed by atoms with Gasteiger partial charge >= 0.3 is 145 Å². The molecule has 1 radical (unpaired) electrons. The van der Waals surface area contributed by atoms with Gasteiger partial charge in [0.1, 0.15) is 0 Å². The molecule has 7 aromatic rings. The molecular formula is C44H51GeIrN5O-2. The average Bonchev–Trinajstić information content (AvgIpc) is 3.68. The molecule has 2 aromatic carbocycles. The Balaban J connectivity index is 0.000000202. The number of benzene rings is 2. The van der Waals surface area contributed by atoms with E-state index >= 15 is 0 Å². The van der Waals surface area contributed by atoms with Gasteiger partial charge in [-0.25, -0.2) is 4.98 Å². The van der Waals surface area contributed by atoms with Crippen LogP contribution >= 0.6 is 0 Å². The van der Waals surface area contributed by atoms with E-state index in [-0.39, 0.29) is 20.1 Å². The summed E-state index contributed by atoms with van der Waals surface area (Å²) >= 11 is -1.96. The van der Waals surface area contributed by atoms with E-state index in [1.807, 2.05) is 49.5 Å². The third-order valence-electron chi connectivity index (χ3n) is 10.5. The molecule has 0 saturated heterocycles. The van der Waals surface area contributed by atoms with Gasteiger partial charge in [0, 0.05) is 43.9 Å². The molecule has 0 spiro atoms. The fraction of sp³-hybridized carbons (Fsp3) is 0.364. The van der Waals surface area contributed by atoms with Crippen LogP contribution in [0.15, 0.2) is 77.5 Å². The van der Waals surface area contributed by atoms with Crippen molar-refractivity contribution in [2.24, 2.45) is 5.41 Å². The first-order chi connectivity index (χ1) is 24.2. The summed E-state index contributed by atoms with van der Waals surface area (Å²) in [5, 5.41) is 2.04. The first-order valence-electron chi connectivity index (χ1n) is 18.3. The van der Waals surface area contributed by atoms with Crippen LogP contribution < -0.4 is 4.40 Å². The summed E-state index contributed by atoms with van der Waals surface area (Å²) in [6, 6.07) is 27.2. The van der Waals surface area contributed by atoms with Crippen LogP contribution in [0.25, 0.3) is 55.7 Å². The maximum atomic E-state index is 6.02. The Bertz CT molecular complexity index is 2320. The van der Waals surface area contributed by atoms with Crippen LogP contribution in [-0.4, -0.2) is 37.8 Å². The number of furan rings is 1. The maximum absolute atomic E-state index is 6.02. The first kappa shape index (κ1) is 39.6. The van der Waals surface area contributed by atoms with Gasteiger partial charge in [-0.1, -0.05) is 31.4 Å². The zero-order valence-corrected chi connectivity index (χ0v) is 37.0. The molecule has 0 aliphatic rings. The summed E-state index contributed by atoms with van der Waals surface area (Å²) in [6.45, 7) is 18.7. The number of aromatic nitrogens is 5. The minimum absolute atomic E-state index is 0. The van der Waals surface area contributed by atoms with E-state index in [1.165, 1.54) is 12.0 Å². The molecule has 1 unspecified atom stereocenters. The van der Waals surface area contributed by atoms with Crippen molar-refractivity contribution in [2.45, 2.75) is 97.5 Å². The van der Waals surface area contributed by atoms with E-state index in [0.717, 1.165) is 68.0 Å². The predicted octanol–water partition coefficient (Wildman–Crippen LogP) is 11.3. The molecule has 0 bridgehead atoms. The topological polar surface area (TPSA) is 69.6 Å². The number of hydrogen-bond acceptors (Lipinski definition) is 5. The van der Waals surface area contributed by atoms with Crippen LogP contribution in [0, 0.1) is 24.5 Å². The minimum atomic E-state index is -1.96. The van der Waals surface area contributed by atoms with Gasteiger partial charge in [0.15, 0.2) is 0 Å². The van der Waals surface area contributed by atoms with Crippen LogP contribution in [0.3, 0.4) is 0 Å². The van der Waals surface area contributed by atoms with Crippen LogP contribution in [0.4, 0.5) is 0 Å². The third-order valence-corrected chi connectivity index (χ3v) is 14.7. The van der Waals surface area contributed by atoms with Crippen molar-refractivity contribution in [3.8, 4) is 22.6 Å². The molecule has 0 amide bonds. The molecule has 273 valence electrons. The van der Waals surface area contributed by atoms with Crippen molar-refractivity contribution < 1.29 is 24.5 Å². The number of fused-ring (bicyclic) bond motifs is 4. The van der Waals surface area contributed by atoms with E-state index in [9.17, 15) is 0 Å². The van der Waals surface area contributed by atoms with E-state index in [0.29, 0.717) is 23.0 Å². The normalized spacial score (nSPS) is 12.6. The molecule has 5 aromatic heterocycles. The van der Waals surface area contributed by atoms with Gasteiger partial charge in [0.25, 0.3) is 0 Å². The second-order valence-electron chi connectivity index (χ2n) is 15.7. The molecule has 0 aliphatic heterocycles. The summed E-state index contributed by atoms with van der Waals surface area (Å²) in [5.41, 5.74) is 10.4. The Labute approximate surface area is 325 Å². The van der Waals surface area contributed by atoms with Gasteiger partial charge < -0.3 is 8.98 Å². The van der Waals surface area contributed by atoms with Crippen LogP contribution in [-0.2, 0) is 26.7 Å². The van der Waals surface area contributed by atoms with Gasteiger partial charge in [0.05, 0.1) is 28.1 Å². The van der Waals surface area contributed by atoms with Gasteiger partial charge in [-0.2, -0.15) is 0 Å². The van der Waals surface area contributed by atoms with Crippen LogP contribution in [0.1, 0.15) is 83.7 Å². The van der Waals surface area contributed by atoms with Crippen molar-refractivity contribution in [3.63, 3.8) is 0 Å². The molecular weight excluding hydrogens is 879 g/mol. The van der Waals surface area contributed by atoms with Crippen molar-refractivity contribution in [3.05, 3.63) is 102 Å². The van der Waals surface area contributed by atoms with E-state index < -0.39 is 13.3 Å². The SMILES string of the molecule is CCC(C)(C)C(C)c1cc(-c2[c-]cccc2)nc[c]1[Ge]([CH3])([CH3])[CH3].CCn1c(-c2[c-]cc3c(c2)oc2nc(C)ccc23)nc2ccnc(C(C)C)c21.[Ir].